The Morgan fingerprint density at radius 1 is 1.19 bits per heavy atom. The van der Waals surface area contributed by atoms with E-state index in [4.69, 9.17) is 0 Å². The predicted octanol–water partition coefficient (Wildman–Crippen LogP) is 4.66. The van der Waals surface area contributed by atoms with Gasteiger partial charge in [-0.3, -0.25) is 4.98 Å². The van der Waals surface area contributed by atoms with E-state index in [1.54, 1.807) is 12.4 Å². The van der Waals surface area contributed by atoms with Crippen LogP contribution in [0, 0.1) is 6.92 Å². The molecule has 0 atom stereocenters. The van der Waals surface area contributed by atoms with Gasteiger partial charge >= 0.3 is 0 Å². The van der Waals surface area contributed by atoms with Gasteiger partial charge in [0.25, 0.3) is 0 Å². The minimum atomic E-state index is 0.963. The van der Waals surface area contributed by atoms with E-state index in [0.717, 1.165) is 20.3 Å². The molecule has 82 valence electrons. The highest BCUT2D eigenvalue weighted by molar-refractivity contribution is 9.10. The van der Waals surface area contributed by atoms with Gasteiger partial charge in [0.15, 0.2) is 0 Å². The number of pyridine rings is 1. The third kappa shape index (κ3) is 2.62. The van der Waals surface area contributed by atoms with Crippen molar-refractivity contribution in [1.82, 2.24) is 4.98 Å². The molecule has 0 radical (unpaired) electrons. The summed E-state index contributed by atoms with van der Waals surface area (Å²) in [5.74, 6) is 0. The molecule has 4 heteroatoms. The van der Waals surface area contributed by atoms with E-state index in [1.165, 1.54) is 5.56 Å². The third-order valence-corrected chi connectivity index (χ3v) is 3.54. The second kappa shape index (κ2) is 4.97. The minimum absolute atomic E-state index is 0.963. The van der Waals surface area contributed by atoms with Crippen LogP contribution in [0.4, 0.5) is 11.4 Å². The fourth-order valence-electron chi connectivity index (χ4n) is 1.38. The lowest BCUT2D eigenvalue weighted by Gasteiger charge is -2.10. The third-order valence-electron chi connectivity index (χ3n) is 2.25. The molecule has 0 saturated heterocycles. The maximum absolute atomic E-state index is 4.11. The Balaban J connectivity index is 2.31. The summed E-state index contributed by atoms with van der Waals surface area (Å²) in [6.45, 7) is 2.07. The van der Waals surface area contributed by atoms with E-state index in [-0.39, 0.29) is 0 Å². The molecule has 0 aliphatic rings. The molecule has 0 saturated carbocycles. The lowest BCUT2D eigenvalue weighted by atomic mass is 10.2. The number of hydrogen-bond acceptors (Lipinski definition) is 2. The summed E-state index contributed by atoms with van der Waals surface area (Å²) in [4.78, 5) is 4.11. The van der Waals surface area contributed by atoms with Crippen molar-refractivity contribution < 1.29 is 0 Å². The van der Waals surface area contributed by atoms with Crippen molar-refractivity contribution in [1.29, 1.82) is 0 Å². The van der Waals surface area contributed by atoms with Gasteiger partial charge in [-0.15, -0.1) is 0 Å². The normalized spacial score (nSPS) is 10.2. The molecule has 0 amide bonds. The Labute approximate surface area is 111 Å². The molecule has 2 aromatic rings. The summed E-state index contributed by atoms with van der Waals surface area (Å²) < 4.78 is 2.06. The molecule has 2 rings (SSSR count). The van der Waals surface area contributed by atoms with Crippen molar-refractivity contribution in [2.24, 2.45) is 0 Å². The fourth-order valence-corrected chi connectivity index (χ4v) is 2.11. The van der Waals surface area contributed by atoms with E-state index >= 15 is 0 Å². The Morgan fingerprint density at radius 3 is 2.75 bits per heavy atom. The fraction of sp³-hybridized carbons (Fsp3) is 0.0833. The quantitative estimate of drug-likeness (QED) is 0.859. The Morgan fingerprint density at radius 2 is 2.00 bits per heavy atom. The number of anilines is 2. The molecule has 0 fully saturated rings. The summed E-state index contributed by atoms with van der Waals surface area (Å²) in [6, 6.07) is 8.07. The topological polar surface area (TPSA) is 24.9 Å². The number of aromatic nitrogens is 1. The van der Waals surface area contributed by atoms with Crippen LogP contribution in [0.2, 0.25) is 0 Å². The van der Waals surface area contributed by atoms with Crippen molar-refractivity contribution in [2.75, 3.05) is 5.32 Å². The summed E-state index contributed by atoms with van der Waals surface area (Å²) in [6.07, 6.45) is 3.56. The van der Waals surface area contributed by atoms with Crippen molar-refractivity contribution in [2.45, 2.75) is 6.92 Å². The summed E-state index contributed by atoms with van der Waals surface area (Å²) >= 11 is 6.91. The summed E-state index contributed by atoms with van der Waals surface area (Å²) in [5.41, 5.74) is 3.23. The van der Waals surface area contributed by atoms with Gasteiger partial charge in [0, 0.05) is 20.8 Å². The largest absolute Gasteiger partial charge is 0.354 e. The molecule has 0 bridgehead atoms. The van der Waals surface area contributed by atoms with Gasteiger partial charge < -0.3 is 5.32 Å². The molecule has 0 spiro atoms. The van der Waals surface area contributed by atoms with E-state index in [0.29, 0.717) is 0 Å². The molecule has 2 nitrogen and oxygen atoms in total. The molecule has 0 aliphatic carbocycles. The minimum Gasteiger partial charge on any atom is -0.354 e. The molecule has 0 aliphatic heterocycles. The summed E-state index contributed by atoms with van der Waals surface area (Å²) in [7, 11) is 0. The highest BCUT2D eigenvalue weighted by Crippen LogP contribution is 2.26. The average molecular weight is 342 g/mol. The zero-order valence-electron chi connectivity index (χ0n) is 8.67. The van der Waals surface area contributed by atoms with Crippen molar-refractivity contribution >= 4 is 43.2 Å². The van der Waals surface area contributed by atoms with Gasteiger partial charge in [-0.1, -0.05) is 22.0 Å². The monoisotopic (exact) mass is 340 g/mol. The SMILES string of the molecule is Cc1c(Br)cccc1Nc1cncc(Br)c1. The number of nitrogens with zero attached hydrogens (tertiary/aromatic N) is 1. The number of hydrogen-bond donors (Lipinski definition) is 1. The van der Waals surface area contributed by atoms with Crippen LogP contribution in [-0.4, -0.2) is 4.98 Å². The van der Waals surface area contributed by atoms with Crippen molar-refractivity contribution in [3.05, 3.63) is 51.2 Å². The van der Waals surface area contributed by atoms with Crippen LogP contribution in [0.3, 0.4) is 0 Å². The number of nitrogens with one attached hydrogen (secondary N) is 1. The van der Waals surface area contributed by atoms with Crippen LogP contribution in [0.5, 0.6) is 0 Å². The van der Waals surface area contributed by atoms with E-state index in [9.17, 15) is 0 Å². The van der Waals surface area contributed by atoms with Crippen LogP contribution in [0.15, 0.2) is 45.6 Å². The molecule has 1 aromatic carbocycles. The molecule has 0 unspecified atom stereocenters. The molecular weight excluding hydrogens is 332 g/mol. The molecule has 1 aromatic heterocycles. The van der Waals surface area contributed by atoms with Gasteiger partial charge in [-0.2, -0.15) is 0 Å². The van der Waals surface area contributed by atoms with E-state index in [1.807, 2.05) is 24.3 Å². The van der Waals surface area contributed by atoms with Crippen LogP contribution in [0.1, 0.15) is 5.56 Å². The van der Waals surface area contributed by atoms with Gasteiger partial charge in [0.2, 0.25) is 0 Å². The predicted molar refractivity (Wildman–Crippen MR) is 74.1 cm³/mol. The van der Waals surface area contributed by atoms with Crippen LogP contribution >= 0.6 is 31.9 Å². The molecule has 1 heterocycles. The second-order valence-electron chi connectivity index (χ2n) is 3.43. The van der Waals surface area contributed by atoms with Crippen LogP contribution < -0.4 is 5.32 Å². The number of benzene rings is 1. The molecule has 16 heavy (non-hydrogen) atoms. The van der Waals surface area contributed by atoms with Crippen LogP contribution in [-0.2, 0) is 0 Å². The average Bonchev–Trinajstić information content (AvgIpc) is 2.25. The number of halogens is 2. The Kier molecular flexibility index (Phi) is 3.61. The molecule has 1 N–H and O–H groups in total. The van der Waals surface area contributed by atoms with Gasteiger partial charge in [-0.05, 0) is 46.6 Å². The first-order chi connectivity index (χ1) is 7.66. The lowest BCUT2D eigenvalue weighted by molar-refractivity contribution is 1.30. The second-order valence-corrected chi connectivity index (χ2v) is 5.20. The van der Waals surface area contributed by atoms with Crippen molar-refractivity contribution in [3.63, 3.8) is 0 Å². The number of rotatable bonds is 2. The van der Waals surface area contributed by atoms with E-state index in [2.05, 4.69) is 49.1 Å². The van der Waals surface area contributed by atoms with Crippen molar-refractivity contribution in [3.8, 4) is 0 Å². The zero-order valence-corrected chi connectivity index (χ0v) is 11.8. The van der Waals surface area contributed by atoms with Gasteiger partial charge in [-0.25, -0.2) is 0 Å². The lowest BCUT2D eigenvalue weighted by Crippen LogP contribution is -1.94. The highest BCUT2D eigenvalue weighted by atomic mass is 79.9. The first-order valence-corrected chi connectivity index (χ1v) is 6.38. The van der Waals surface area contributed by atoms with E-state index < -0.39 is 0 Å². The zero-order chi connectivity index (χ0) is 11.5. The molecular formula is C12H10Br2N2. The first-order valence-electron chi connectivity index (χ1n) is 4.79. The van der Waals surface area contributed by atoms with Gasteiger partial charge in [0.1, 0.15) is 0 Å². The van der Waals surface area contributed by atoms with Gasteiger partial charge in [0.05, 0.1) is 11.9 Å². The maximum Gasteiger partial charge on any atom is 0.0582 e. The highest BCUT2D eigenvalue weighted by Gasteiger charge is 2.02. The maximum atomic E-state index is 4.11. The van der Waals surface area contributed by atoms with Crippen LogP contribution in [0.25, 0.3) is 0 Å². The Hall–Kier alpha value is -0.870. The first kappa shape index (κ1) is 11.6. The Bertz CT molecular complexity index is 512. The smallest absolute Gasteiger partial charge is 0.0582 e. The standard InChI is InChI=1S/C12H10Br2N2/c1-8-11(14)3-2-4-12(8)16-10-5-9(13)6-15-7-10/h2-7,16H,1H3. The summed E-state index contributed by atoms with van der Waals surface area (Å²) in [5, 5.41) is 3.33.